The Kier molecular flexibility index (Phi) is 4.93. The zero-order valence-electron chi connectivity index (χ0n) is 11.6. The minimum Gasteiger partial charge on any atom is -0.376 e. The highest BCUT2D eigenvalue weighted by atomic mass is 16.5. The Labute approximate surface area is 113 Å². The largest absolute Gasteiger partial charge is 0.376 e. The highest BCUT2D eigenvalue weighted by Gasteiger charge is 2.17. The second-order valence-corrected chi connectivity index (χ2v) is 5.03. The number of rotatable bonds is 6. The fourth-order valence-electron chi connectivity index (χ4n) is 2.19. The SMILES string of the molecule is CNCC(C)C(=O)Nc1cnn(CC2CCCO2)c1. The molecule has 2 N–H and O–H groups in total. The summed E-state index contributed by atoms with van der Waals surface area (Å²) in [4.78, 5) is 11.8. The van der Waals surface area contributed by atoms with Crippen molar-refractivity contribution in [3.8, 4) is 0 Å². The standard InChI is InChI=1S/C13H22N4O2/c1-10(6-14-2)13(18)16-11-7-15-17(8-11)9-12-4-3-5-19-12/h7-8,10,12,14H,3-6,9H2,1-2H3,(H,16,18). The van der Waals surface area contributed by atoms with Crippen LogP contribution in [-0.2, 0) is 16.1 Å². The van der Waals surface area contributed by atoms with E-state index in [9.17, 15) is 4.79 Å². The predicted octanol–water partition coefficient (Wildman–Crippen LogP) is 0.856. The molecule has 0 aromatic carbocycles. The number of aromatic nitrogens is 2. The number of nitrogens with zero attached hydrogens (tertiary/aromatic N) is 2. The number of ether oxygens (including phenoxy) is 1. The van der Waals surface area contributed by atoms with E-state index in [0.29, 0.717) is 6.54 Å². The number of hydrogen-bond acceptors (Lipinski definition) is 4. The highest BCUT2D eigenvalue weighted by Crippen LogP contribution is 2.15. The van der Waals surface area contributed by atoms with Crippen molar-refractivity contribution in [3.05, 3.63) is 12.4 Å². The van der Waals surface area contributed by atoms with Gasteiger partial charge < -0.3 is 15.4 Å². The molecule has 1 fully saturated rings. The molecule has 0 bridgehead atoms. The zero-order chi connectivity index (χ0) is 13.7. The van der Waals surface area contributed by atoms with Crippen LogP contribution in [0.1, 0.15) is 19.8 Å². The number of amides is 1. The summed E-state index contributed by atoms with van der Waals surface area (Å²) in [5.74, 6) is -0.0578. The maximum absolute atomic E-state index is 11.8. The van der Waals surface area contributed by atoms with Crippen molar-refractivity contribution >= 4 is 11.6 Å². The molecule has 19 heavy (non-hydrogen) atoms. The average Bonchev–Trinajstić information content (AvgIpc) is 3.02. The van der Waals surface area contributed by atoms with Crippen LogP contribution in [0.3, 0.4) is 0 Å². The van der Waals surface area contributed by atoms with E-state index in [1.54, 1.807) is 6.20 Å². The van der Waals surface area contributed by atoms with E-state index in [1.807, 2.05) is 24.9 Å². The first-order chi connectivity index (χ1) is 9.19. The van der Waals surface area contributed by atoms with Crippen LogP contribution < -0.4 is 10.6 Å². The molecule has 2 heterocycles. The number of nitrogens with one attached hydrogen (secondary N) is 2. The maximum atomic E-state index is 11.8. The van der Waals surface area contributed by atoms with E-state index in [1.165, 1.54) is 0 Å². The molecule has 2 unspecified atom stereocenters. The van der Waals surface area contributed by atoms with Gasteiger partial charge in [-0.3, -0.25) is 9.48 Å². The van der Waals surface area contributed by atoms with Gasteiger partial charge in [0, 0.05) is 25.3 Å². The van der Waals surface area contributed by atoms with Crippen molar-refractivity contribution in [2.24, 2.45) is 5.92 Å². The lowest BCUT2D eigenvalue weighted by molar-refractivity contribution is -0.119. The van der Waals surface area contributed by atoms with E-state index in [4.69, 9.17) is 4.74 Å². The lowest BCUT2D eigenvalue weighted by Crippen LogP contribution is -2.28. The van der Waals surface area contributed by atoms with Gasteiger partial charge in [-0.1, -0.05) is 6.92 Å². The summed E-state index contributed by atoms with van der Waals surface area (Å²) >= 11 is 0. The smallest absolute Gasteiger partial charge is 0.228 e. The third-order valence-electron chi connectivity index (χ3n) is 3.27. The van der Waals surface area contributed by atoms with Gasteiger partial charge in [-0.25, -0.2) is 0 Å². The Balaban J connectivity index is 1.84. The van der Waals surface area contributed by atoms with Crippen LogP contribution in [0.4, 0.5) is 5.69 Å². The van der Waals surface area contributed by atoms with Crippen molar-refractivity contribution in [1.82, 2.24) is 15.1 Å². The Morgan fingerprint density at radius 3 is 3.21 bits per heavy atom. The lowest BCUT2D eigenvalue weighted by Gasteiger charge is -2.10. The molecule has 0 aliphatic carbocycles. The summed E-state index contributed by atoms with van der Waals surface area (Å²) < 4.78 is 7.39. The number of carbonyl (C=O) groups excluding carboxylic acids is 1. The summed E-state index contributed by atoms with van der Waals surface area (Å²) in [7, 11) is 1.84. The summed E-state index contributed by atoms with van der Waals surface area (Å²) in [6.07, 6.45) is 5.99. The molecule has 1 saturated heterocycles. The molecule has 1 aromatic heterocycles. The minimum atomic E-state index is -0.0634. The molecule has 1 aliphatic heterocycles. The topological polar surface area (TPSA) is 68.2 Å². The summed E-state index contributed by atoms with van der Waals surface area (Å²) in [6.45, 7) is 4.15. The van der Waals surface area contributed by atoms with E-state index in [0.717, 1.165) is 31.7 Å². The molecule has 2 atom stereocenters. The third-order valence-corrected chi connectivity index (χ3v) is 3.27. The van der Waals surface area contributed by atoms with Crippen LogP contribution in [0.2, 0.25) is 0 Å². The highest BCUT2D eigenvalue weighted by molar-refractivity contribution is 5.92. The normalized spacial score (nSPS) is 20.4. The third kappa shape index (κ3) is 4.04. The van der Waals surface area contributed by atoms with Gasteiger partial charge >= 0.3 is 0 Å². The molecule has 2 rings (SSSR count). The summed E-state index contributed by atoms with van der Waals surface area (Å²) in [5.41, 5.74) is 0.742. The van der Waals surface area contributed by atoms with Gasteiger partial charge in [0.1, 0.15) is 0 Å². The van der Waals surface area contributed by atoms with Crippen LogP contribution >= 0.6 is 0 Å². The number of anilines is 1. The molecule has 106 valence electrons. The Morgan fingerprint density at radius 1 is 1.68 bits per heavy atom. The lowest BCUT2D eigenvalue weighted by atomic mass is 10.1. The van der Waals surface area contributed by atoms with Gasteiger partial charge in [-0.15, -0.1) is 0 Å². The Bertz CT molecular complexity index is 413. The second-order valence-electron chi connectivity index (χ2n) is 5.03. The molecule has 1 amide bonds. The van der Waals surface area contributed by atoms with Gasteiger partial charge in [0.15, 0.2) is 0 Å². The fraction of sp³-hybridized carbons (Fsp3) is 0.692. The maximum Gasteiger partial charge on any atom is 0.228 e. The zero-order valence-corrected chi connectivity index (χ0v) is 11.6. The van der Waals surface area contributed by atoms with Crippen LogP contribution in [0.5, 0.6) is 0 Å². The first kappa shape index (κ1) is 14.0. The Hall–Kier alpha value is -1.40. The van der Waals surface area contributed by atoms with Crippen LogP contribution in [0.15, 0.2) is 12.4 Å². The van der Waals surface area contributed by atoms with Crippen molar-refractivity contribution < 1.29 is 9.53 Å². The Morgan fingerprint density at radius 2 is 2.53 bits per heavy atom. The van der Waals surface area contributed by atoms with E-state index < -0.39 is 0 Å². The van der Waals surface area contributed by atoms with Crippen molar-refractivity contribution in [2.45, 2.75) is 32.4 Å². The summed E-state index contributed by atoms with van der Waals surface area (Å²) in [5, 5.41) is 10.1. The summed E-state index contributed by atoms with van der Waals surface area (Å²) in [6, 6.07) is 0. The molecule has 0 radical (unpaired) electrons. The molecule has 0 saturated carbocycles. The number of hydrogen-bond donors (Lipinski definition) is 2. The van der Waals surface area contributed by atoms with Crippen LogP contribution in [0.25, 0.3) is 0 Å². The fourth-order valence-corrected chi connectivity index (χ4v) is 2.19. The van der Waals surface area contributed by atoms with Gasteiger partial charge in [0.2, 0.25) is 5.91 Å². The van der Waals surface area contributed by atoms with E-state index >= 15 is 0 Å². The molecular weight excluding hydrogens is 244 g/mol. The monoisotopic (exact) mass is 266 g/mol. The van der Waals surface area contributed by atoms with Crippen LogP contribution in [0, 0.1) is 5.92 Å². The number of carbonyl (C=O) groups is 1. The molecule has 6 heteroatoms. The van der Waals surface area contributed by atoms with Gasteiger partial charge in [0.05, 0.1) is 24.5 Å². The van der Waals surface area contributed by atoms with Crippen molar-refractivity contribution in [2.75, 3.05) is 25.5 Å². The molecule has 1 aliphatic rings. The minimum absolute atomic E-state index is 0.00557. The molecular formula is C13H22N4O2. The first-order valence-corrected chi connectivity index (χ1v) is 6.78. The van der Waals surface area contributed by atoms with Crippen molar-refractivity contribution in [1.29, 1.82) is 0 Å². The predicted molar refractivity (Wildman–Crippen MR) is 72.9 cm³/mol. The van der Waals surface area contributed by atoms with Crippen molar-refractivity contribution in [3.63, 3.8) is 0 Å². The van der Waals surface area contributed by atoms with Crippen LogP contribution in [-0.4, -0.2) is 42.0 Å². The van der Waals surface area contributed by atoms with Gasteiger partial charge in [0.25, 0.3) is 0 Å². The van der Waals surface area contributed by atoms with E-state index in [2.05, 4.69) is 15.7 Å². The average molecular weight is 266 g/mol. The van der Waals surface area contributed by atoms with E-state index in [-0.39, 0.29) is 17.9 Å². The quantitative estimate of drug-likeness (QED) is 0.801. The first-order valence-electron chi connectivity index (χ1n) is 6.78. The molecule has 1 aromatic rings. The molecule has 6 nitrogen and oxygen atoms in total. The molecule has 0 spiro atoms. The van der Waals surface area contributed by atoms with Gasteiger partial charge in [-0.05, 0) is 19.9 Å². The van der Waals surface area contributed by atoms with Gasteiger partial charge in [-0.2, -0.15) is 5.10 Å². The second kappa shape index (κ2) is 6.68.